The second-order valence-corrected chi connectivity index (χ2v) is 5.11. The number of amides is 1. The third-order valence-electron chi connectivity index (χ3n) is 2.56. The van der Waals surface area contributed by atoms with E-state index in [0.29, 0.717) is 12.1 Å². The lowest BCUT2D eigenvalue weighted by atomic mass is 10.2. The summed E-state index contributed by atoms with van der Waals surface area (Å²) in [5, 5.41) is 3.01. The van der Waals surface area contributed by atoms with Gasteiger partial charge in [-0.15, -0.1) is 0 Å². The van der Waals surface area contributed by atoms with E-state index < -0.39 is 0 Å². The Hall–Kier alpha value is -0.650. The topological polar surface area (TPSA) is 51.2 Å². The first kappa shape index (κ1) is 12.8. The summed E-state index contributed by atoms with van der Waals surface area (Å²) in [6.45, 7) is 1.29. The smallest absolute Gasteiger partial charge is 0.254 e. The second kappa shape index (κ2) is 5.80. The van der Waals surface area contributed by atoms with Crippen molar-refractivity contribution in [1.29, 1.82) is 0 Å². The van der Waals surface area contributed by atoms with E-state index in [0.717, 1.165) is 23.9 Å². The summed E-state index contributed by atoms with van der Waals surface area (Å²) in [6, 6.07) is 1.65. The highest BCUT2D eigenvalue weighted by Gasteiger charge is 2.18. The Balaban J connectivity index is 1.96. The highest BCUT2D eigenvalue weighted by molar-refractivity contribution is 9.10. The van der Waals surface area contributed by atoms with Crippen molar-refractivity contribution in [2.75, 3.05) is 13.2 Å². The van der Waals surface area contributed by atoms with E-state index in [2.05, 4.69) is 26.2 Å². The van der Waals surface area contributed by atoms with Crippen LogP contribution in [-0.2, 0) is 4.74 Å². The summed E-state index contributed by atoms with van der Waals surface area (Å²) in [5.41, 5.74) is 0.374. The minimum absolute atomic E-state index is 0.123. The summed E-state index contributed by atoms with van der Waals surface area (Å²) in [6.07, 6.45) is 3.72. The zero-order chi connectivity index (χ0) is 12.3. The van der Waals surface area contributed by atoms with Crippen LogP contribution in [0.3, 0.4) is 0 Å². The lowest BCUT2D eigenvalue weighted by Gasteiger charge is -2.11. The van der Waals surface area contributed by atoms with Gasteiger partial charge in [-0.25, -0.2) is 4.98 Å². The van der Waals surface area contributed by atoms with E-state index in [-0.39, 0.29) is 17.2 Å². The lowest BCUT2D eigenvalue weighted by molar-refractivity contribution is 0.0857. The maximum atomic E-state index is 11.9. The summed E-state index contributed by atoms with van der Waals surface area (Å²) in [7, 11) is 0. The molecule has 0 aromatic carbocycles. The quantitative estimate of drug-likeness (QED) is 0.871. The Labute approximate surface area is 113 Å². The zero-order valence-electron chi connectivity index (χ0n) is 9.08. The van der Waals surface area contributed by atoms with Crippen molar-refractivity contribution < 1.29 is 9.53 Å². The van der Waals surface area contributed by atoms with Crippen molar-refractivity contribution in [3.63, 3.8) is 0 Å². The van der Waals surface area contributed by atoms with Crippen LogP contribution in [0.15, 0.2) is 16.7 Å². The molecule has 1 aromatic heterocycles. The normalized spacial score (nSPS) is 19.3. The predicted molar refractivity (Wildman–Crippen MR) is 68.3 cm³/mol. The number of aromatic nitrogens is 1. The van der Waals surface area contributed by atoms with Crippen molar-refractivity contribution >= 4 is 33.4 Å². The first-order valence-corrected chi connectivity index (χ1v) is 6.55. The first-order valence-electron chi connectivity index (χ1n) is 5.37. The van der Waals surface area contributed by atoms with E-state index in [1.807, 2.05) is 0 Å². The van der Waals surface area contributed by atoms with Crippen LogP contribution < -0.4 is 5.32 Å². The molecule has 92 valence electrons. The fraction of sp³-hybridized carbons (Fsp3) is 0.455. The molecular weight excluding hydrogens is 307 g/mol. The number of halogens is 2. The van der Waals surface area contributed by atoms with E-state index in [4.69, 9.17) is 16.3 Å². The van der Waals surface area contributed by atoms with Crippen molar-refractivity contribution in [3.8, 4) is 0 Å². The molecule has 1 amide bonds. The van der Waals surface area contributed by atoms with Crippen molar-refractivity contribution in [2.45, 2.75) is 18.9 Å². The predicted octanol–water partition coefficient (Wildman–Crippen LogP) is 2.41. The van der Waals surface area contributed by atoms with Crippen LogP contribution in [0.4, 0.5) is 0 Å². The fourth-order valence-electron chi connectivity index (χ4n) is 1.69. The average Bonchev–Trinajstić information content (AvgIpc) is 2.82. The van der Waals surface area contributed by atoms with Gasteiger partial charge in [0.15, 0.2) is 0 Å². The average molecular weight is 320 g/mol. The number of hydrogen-bond acceptors (Lipinski definition) is 3. The number of carbonyl (C=O) groups excluding carboxylic acids is 1. The first-order chi connectivity index (χ1) is 8.16. The van der Waals surface area contributed by atoms with Gasteiger partial charge >= 0.3 is 0 Å². The number of rotatable bonds is 3. The van der Waals surface area contributed by atoms with Crippen LogP contribution in [0.2, 0.25) is 5.15 Å². The molecule has 4 nitrogen and oxygen atoms in total. The molecule has 17 heavy (non-hydrogen) atoms. The molecular formula is C11H12BrClN2O2. The molecule has 1 aliphatic rings. The zero-order valence-corrected chi connectivity index (χ0v) is 11.4. The Morgan fingerprint density at radius 2 is 2.53 bits per heavy atom. The molecule has 6 heteroatoms. The second-order valence-electron chi connectivity index (χ2n) is 3.84. The maximum absolute atomic E-state index is 11.9. The monoisotopic (exact) mass is 318 g/mol. The molecule has 0 spiro atoms. The van der Waals surface area contributed by atoms with Crippen LogP contribution in [0.25, 0.3) is 0 Å². The molecule has 2 heterocycles. The molecule has 1 saturated heterocycles. The third-order valence-corrected chi connectivity index (χ3v) is 3.30. The van der Waals surface area contributed by atoms with Gasteiger partial charge in [0.25, 0.3) is 5.91 Å². The van der Waals surface area contributed by atoms with Gasteiger partial charge in [0.2, 0.25) is 0 Å². The minimum Gasteiger partial charge on any atom is -0.376 e. The number of hydrogen-bond donors (Lipinski definition) is 1. The third kappa shape index (κ3) is 3.40. The minimum atomic E-state index is -0.223. The Kier molecular flexibility index (Phi) is 4.36. The van der Waals surface area contributed by atoms with Gasteiger partial charge in [0, 0.05) is 23.8 Å². The van der Waals surface area contributed by atoms with Crippen LogP contribution in [0, 0.1) is 0 Å². The molecule has 1 aromatic rings. The van der Waals surface area contributed by atoms with E-state index >= 15 is 0 Å². The Morgan fingerprint density at radius 1 is 1.71 bits per heavy atom. The molecule has 1 unspecified atom stereocenters. The lowest BCUT2D eigenvalue weighted by Crippen LogP contribution is -2.32. The summed E-state index contributed by atoms with van der Waals surface area (Å²) in [5.74, 6) is -0.223. The fourth-order valence-corrected chi connectivity index (χ4v) is 2.21. The van der Waals surface area contributed by atoms with Gasteiger partial charge in [-0.1, -0.05) is 11.6 Å². The highest BCUT2D eigenvalue weighted by Crippen LogP contribution is 2.18. The summed E-state index contributed by atoms with van der Waals surface area (Å²) < 4.78 is 6.15. The summed E-state index contributed by atoms with van der Waals surface area (Å²) >= 11 is 9.12. The molecule has 0 saturated carbocycles. The van der Waals surface area contributed by atoms with Crippen LogP contribution in [0.5, 0.6) is 0 Å². The van der Waals surface area contributed by atoms with Crippen LogP contribution in [0.1, 0.15) is 23.2 Å². The molecule has 0 radical (unpaired) electrons. The molecule has 0 aliphatic carbocycles. The number of nitrogens with one attached hydrogen (secondary N) is 1. The van der Waals surface area contributed by atoms with E-state index in [9.17, 15) is 4.79 Å². The summed E-state index contributed by atoms with van der Waals surface area (Å²) in [4.78, 5) is 15.8. The van der Waals surface area contributed by atoms with Crippen LogP contribution >= 0.6 is 27.5 Å². The van der Waals surface area contributed by atoms with Gasteiger partial charge in [-0.3, -0.25) is 4.79 Å². The Bertz CT molecular complexity index is 422. The van der Waals surface area contributed by atoms with Gasteiger partial charge in [0.1, 0.15) is 5.15 Å². The van der Waals surface area contributed by atoms with Gasteiger partial charge < -0.3 is 10.1 Å². The molecule has 1 N–H and O–H groups in total. The number of carbonyl (C=O) groups is 1. The number of ether oxygens (including phenoxy) is 1. The SMILES string of the molecule is O=C(NCC1CCCO1)c1cc(Br)cnc1Cl. The number of nitrogens with zero attached hydrogens (tertiary/aromatic N) is 1. The molecule has 2 rings (SSSR count). The van der Waals surface area contributed by atoms with E-state index in [1.54, 1.807) is 12.3 Å². The van der Waals surface area contributed by atoms with Crippen molar-refractivity contribution in [1.82, 2.24) is 10.3 Å². The van der Waals surface area contributed by atoms with Crippen molar-refractivity contribution in [3.05, 3.63) is 27.5 Å². The maximum Gasteiger partial charge on any atom is 0.254 e. The standard InChI is InChI=1S/C11H12BrClN2O2/c12-7-4-9(10(13)14-5-7)11(16)15-6-8-2-1-3-17-8/h4-5,8H,1-3,6H2,(H,15,16). The van der Waals surface area contributed by atoms with Crippen molar-refractivity contribution in [2.24, 2.45) is 0 Å². The van der Waals surface area contributed by atoms with Gasteiger partial charge in [0.05, 0.1) is 11.7 Å². The molecule has 1 atom stereocenters. The van der Waals surface area contributed by atoms with E-state index in [1.165, 1.54) is 0 Å². The largest absolute Gasteiger partial charge is 0.376 e. The van der Waals surface area contributed by atoms with Gasteiger partial charge in [-0.2, -0.15) is 0 Å². The number of pyridine rings is 1. The molecule has 0 bridgehead atoms. The molecule has 1 aliphatic heterocycles. The molecule has 1 fully saturated rings. The Morgan fingerprint density at radius 3 is 3.24 bits per heavy atom. The van der Waals surface area contributed by atoms with Crippen LogP contribution in [-0.4, -0.2) is 30.1 Å². The van der Waals surface area contributed by atoms with Gasteiger partial charge in [-0.05, 0) is 34.8 Å². The highest BCUT2D eigenvalue weighted by atomic mass is 79.9.